The summed E-state index contributed by atoms with van der Waals surface area (Å²) >= 11 is 1.53. The van der Waals surface area contributed by atoms with Crippen molar-refractivity contribution in [2.45, 2.75) is 18.4 Å². The Hall–Kier alpha value is -1.97. The summed E-state index contributed by atoms with van der Waals surface area (Å²) in [5, 5.41) is 11.8. The van der Waals surface area contributed by atoms with Crippen LogP contribution in [-0.2, 0) is 5.60 Å². The first-order valence-corrected chi connectivity index (χ1v) is 7.70. The second-order valence-electron chi connectivity index (χ2n) is 5.26. The number of hydrogen-bond donors (Lipinski definition) is 1. The summed E-state index contributed by atoms with van der Waals surface area (Å²) in [4.78, 5) is 4.60. The molecule has 0 aliphatic carbocycles. The van der Waals surface area contributed by atoms with E-state index in [1.54, 1.807) is 6.08 Å². The van der Waals surface area contributed by atoms with Crippen LogP contribution in [0.4, 0.5) is 0 Å². The summed E-state index contributed by atoms with van der Waals surface area (Å²) in [6, 6.07) is 17.9. The minimum atomic E-state index is -1.08. The van der Waals surface area contributed by atoms with E-state index in [1.807, 2.05) is 61.5 Å². The summed E-state index contributed by atoms with van der Waals surface area (Å²) in [7, 11) is 0. The highest BCUT2D eigenvalue weighted by Gasteiger charge is 2.35. The lowest BCUT2D eigenvalue weighted by Gasteiger charge is -2.29. The monoisotopic (exact) mass is 295 g/mol. The molecule has 3 aromatic rings. The number of benzene rings is 2. The van der Waals surface area contributed by atoms with Crippen LogP contribution >= 0.6 is 11.3 Å². The van der Waals surface area contributed by atoms with Gasteiger partial charge in [-0.25, -0.2) is 4.98 Å². The Morgan fingerprint density at radius 3 is 2.48 bits per heavy atom. The minimum Gasteiger partial charge on any atom is -0.382 e. The summed E-state index contributed by atoms with van der Waals surface area (Å²) in [5.74, 6) is -0.195. The van der Waals surface area contributed by atoms with Gasteiger partial charge in [0.15, 0.2) is 0 Å². The second-order valence-corrected chi connectivity index (χ2v) is 6.29. The lowest BCUT2D eigenvalue weighted by molar-refractivity contribution is 0.0417. The molecule has 1 N–H and O–H groups in total. The zero-order valence-corrected chi connectivity index (χ0v) is 12.7. The van der Waals surface area contributed by atoms with Crippen molar-refractivity contribution in [2.24, 2.45) is 0 Å². The molecule has 2 nitrogen and oxygen atoms in total. The highest BCUT2D eigenvalue weighted by Crippen LogP contribution is 2.40. The maximum atomic E-state index is 11.1. The van der Waals surface area contributed by atoms with Crippen molar-refractivity contribution < 1.29 is 5.11 Å². The Kier molecular flexibility index (Phi) is 3.62. The van der Waals surface area contributed by atoms with E-state index in [2.05, 4.69) is 11.6 Å². The number of aromatic nitrogens is 1. The maximum Gasteiger partial charge on any atom is 0.126 e. The zero-order chi connectivity index (χ0) is 14.9. The molecule has 3 rings (SSSR count). The van der Waals surface area contributed by atoms with E-state index >= 15 is 0 Å². The Morgan fingerprint density at radius 1 is 1.14 bits per heavy atom. The van der Waals surface area contributed by atoms with Crippen LogP contribution in [0.25, 0.3) is 10.2 Å². The third kappa shape index (κ3) is 2.50. The van der Waals surface area contributed by atoms with Gasteiger partial charge in [0.25, 0.3) is 0 Å². The molecule has 21 heavy (non-hydrogen) atoms. The molecule has 3 heteroatoms. The molecule has 1 heterocycles. The lowest BCUT2D eigenvalue weighted by Crippen LogP contribution is -2.28. The molecule has 0 aliphatic rings. The van der Waals surface area contributed by atoms with Crippen LogP contribution in [0.3, 0.4) is 0 Å². The van der Waals surface area contributed by atoms with Crippen LogP contribution in [0.1, 0.15) is 23.4 Å². The molecule has 0 bridgehead atoms. The molecular weight excluding hydrogens is 278 g/mol. The topological polar surface area (TPSA) is 33.1 Å². The molecule has 0 saturated heterocycles. The highest BCUT2D eigenvalue weighted by atomic mass is 32.1. The Bertz CT molecular complexity index is 728. The normalized spacial score (nSPS) is 15.5. The minimum absolute atomic E-state index is 0.195. The molecule has 2 aromatic carbocycles. The average Bonchev–Trinajstić information content (AvgIpc) is 2.93. The van der Waals surface area contributed by atoms with Crippen LogP contribution in [0.2, 0.25) is 0 Å². The predicted molar refractivity (Wildman–Crippen MR) is 88.6 cm³/mol. The van der Waals surface area contributed by atoms with Crippen molar-refractivity contribution in [1.29, 1.82) is 0 Å². The molecule has 0 radical (unpaired) electrons. The van der Waals surface area contributed by atoms with Gasteiger partial charge >= 0.3 is 0 Å². The number of fused-ring (bicyclic) bond motifs is 1. The third-order valence-corrected chi connectivity index (χ3v) is 4.99. The van der Waals surface area contributed by atoms with Gasteiger partial charge in [-0.2, -0.15) is 0 Å². The lowest BCUT2D eigenvalue weighted by atomic mass is 9.84. The number of hydrogen-bond acceptors (Lipinski definition) is 3. The standard InChI is InChI=1S/C18H17NOS/c1-3-14(13-9-5-4-6-10-13)18(2,20)17-19-15-11-7-8-12-16(15)21-17/h3-12,14,20H,1H2,2H3/t14-,18-/m0/s1. The van der Waals surface area contributed by atoms with Crippen molar-refractivity contribution in [2.75, 3.05) is 0 Å². The molecule has 0 fully saturated rings. The fraction of sp³-hybridized carbons (Fsp3) is 0.167. The molecule has 2 atom stereocenters. The second kappa shape index (κ2) is 5.43. The Morgan fingerprint density at radius 2 is 1.81 bits per heavy atom. The van der Waals surface area contributed by atoms with Crippen molar-refractivity contribution in [1.82, 2.24) is 4.98 Å². The van der Waals surface area contributed by atoms with Crippen LogP contribution in [0.5, 0.6) is 0 Å². The highest BCUT2D eigenvalue weighted by molar-refractivity contribution is 7.18. The van der Waals surface area contributed by atoms with Gasteiger partial charge in [0.2, 0.25) is 0 Å². The summed E-state index contributed by atoms with van der Waals surface area (Å²) < 4.78 is 1.09. The van der Waals surface area contributed by atoms with Gasteiger partial charge in [-0.3, -0.25) is 0 Å². The molecule has 0 spiro atoms. The smallest absolute Gasteiger partial charge is 0.126 e. The molecule has 106 valence electrons. The van der Waals surface area contributed by atoms with E-state index in [1.165, 1.54) is 11.3 Å². The number of para-hydroxylation sites is 1. The first kappa shape index (κ1) is 14.0. The van der Waals surface area contributed by atoms with E-state index in [-0.39, 0.29) is 5.92 Å². The summed E-state index contributed by atoms with van der Waals surface area (Å²) in [6.45, 7) is 5.71. The number of rotatable bonds is 4. The Labute approximate surface area is 128 Å². The van der Waals surface area contributed by atoms with Crippen molar-refractivity contribution >= 4 is 21.6 Å². The van der Waals surface area contributed by atoms with Crippen LogP contribution < -0.4 is 0 Å². The van der Waals surface area contributed by atoms with Crippen molar-refractivity contribution in [3.63, 3.8) is 0 Å². The summed E-state index contributed by atoms with van der Waals surface area (Å²) in [5.41, 5.74) is 0.887. The van der Waals surface area contributed by atoms with Gasteiger partial charge in [0, 0.05) is 5.92 Å². The van der Waals surface area contributed by atoms with Gasteiger partial charge in [-0.1, -0.05) is 48.5 Å². The van der Waals surface area contributed by atoms with Crippen LogP contribution in [-0.4, -0.2) is 10.1 Å². The fourth-order valence-electron chi connectivity index (χ4n) is 2.57. The molecule has 0 aliphatic heterocycles. The number of thiazole rings is 1. The largest absolute Gasteiger partial charge is 0.382 e. The van der Waals surface area contributed by atoms with E-state index in [0.29, 0.717) is 0 Å². The first-order chi connectivity index (χ1) is 10.1. The SMILES string of the molecule is C=C[C@@H](c1ccccc1)[C@](C)(O)c1nc2ccccc2s1. The quantitative estimate of drug-likeness (QED) is 0.720. The van der Waals surface area contributed by atoms with E-state index in [0.717, 1.165) is 20.8 Å². The van der Waals surface area contributed by atoms with Gasteiger partial charge in [-0.15, -0.1) is 17.9 Å². The third-order valence-electron chi connectivity index (χ3n) is 3.73. The number of nitrogens with zero attached hydrogens (tertiary/aromatic N) is 1. The molecule has 0 unspecified atom stereocenters. The van der Waals surface area contributed by atoms with Crippen LogP contribution in [0.15, 0.2) is 67.3 Å². The molecule has 0 amide bonds. The van der Waals surface area contributed by atoms with E-state index in [4.69, 9.17) is 0 Å². The van der Waals surface area contributed by atoms with Gasteiger partial charge < -0.3 is 5.11 Å². The van der Waals surface area contributed by atoms with Gasteiger partial charge in [0.1, 0.15) is 10.6 Å². The average molecular weight is 295 g/mol. The fourth-order valence-corrected chi connectivity index (χ4v) is 3.62. The van der Waals surface area contributed by atoms with Crippen LogP contribution in [0, 0.1) is 0 Å². The Balaban J connectivity index is 2.07. The van der Waals surface area contributed by atoms with E-state index in [9.17, 15) is 5.11 Å². The van der Waals surface area contributed by atoms with E-state index < -0.39 is 5.60 Å². The number of aliphatic hydroxyl groups is 1. The van der Waals surface area contributed by atoms with Gasteiger partial charge in [-0.05, 0) is 24.6 Å². The van der Waals surface area contributed by atoms with Gasteiger partial charge in [0.05, 0.1) is 10.2 Å². The maximum absolute atomic E-state index is 11.1. The predicted octanol–water partition coefficient (Wildman–Crippen LogP) is 4.47. The molecule has 0 saturated carbocycles. The van der Waals surface area contributed by atoms with Crippen molar-refractivity contribution in [3.8, 4) is 0 Å². The zero-order valence-electron chi connectivity index (χ0n) is 11.9. The summed E-state index contributed by atoms with van der Waals surface area (Å²) in [6.07, 6.45) is 1.79. The first-order valence-electron chi connectivity index (χ1n) is 6.89. The molecule has 1 aromatic heterocycles. The van der Waals surface area contributed by atoms with Crippen molar-refractivity contribution in [3.05, 3.63) is 77.8 Å². The molecular formula is C18H17NOS.